The number of benzene rings is 2. The van der Waals surface area contributed by atoms with E-state index in [0.29, 0.717) is 0 Å². The van der Waals surface area contributed by atoms with E-state index in [4.69, 9.17) is 21.3 Å². The van der Waals surface area contributed by atoms with Crippen molar-refractivity contribution in [2.45, 2.75) is 38.5 Å². The fourth-order valence-corrected chi connectivity index (χ4v) is 4.08. The minimum Gasteiger partial charge on any atom is -0.493 e. The van der Waals surface area contributed by atoms with Crippen LogP contribution in [0.3, 0.4) is 0 Å². The molecule has 2 aliphatic rings. The van der Waals surface area contributed by atoms with Crippen molar-refractivity contribution in [3.63, 3.8) is 0 Å². The highest BCUT2D eigenvalue weighted by molar-refractivity contribution is 6.30. The minimum atomic E-state index is 0.731. The maximum atomic E-state index is 6.12. The van der Waals surface area contributed by atoms with Gasteiger partial charge in [-0.25, -0.2) is 0 Å². The van der Waals surface area contributed by atoms with Crippen molar-refractivity contribution in [3.05, 3.63) is 70.3 Å². The second kappa shape index (κ2) is 8.75. The van der Waals surface area contributed by atoms with E-state index in [-0.39, 0.29) is 0 Å². The second-order valence-electron chi connectivity index (χ2n) is 7.54. The fraction of sp³-hybridized carbons (Fsp3) is 0.375. The third-order valence-corrected chi connectivity index (χ3v) is 5.78. The summed E-state index contributed by atoms with van der Waals surface area (Å²) in [5.74, 6) is 1.73. The van der Waals surface area contributed by atoms with Gasteiger partial charge in [0, 0.05) is 17.1 Å². The summed E-state index contributed by atoms with van der Waals surface area (Å²) in [7, 11) is 0. The van der Waals surface area contributed by atoms with Crippen molar-refractivity contribution in [3.8, 4) is 5.75 Å². The molecule has 0 spiro atoms. The average Bonchev–Trinajstić information content (AvgIpc) is 2.72. The Kier molecular flexibility index (Phi) is 5.94. The summed E-state index contributed by atoms with van der Waals surface area (Å²) in [5, 5.41) is 0.758. The molecule has 1 aliphatic carbocycles. The number of halogens is 1. The maximum Gasteiger partial charge on any atom is 0.119 e. The summed E-state index contributed by atoms with van der Waals surface area (Å²) in [6, 6.07) is 14.3. The van der Waals surface area contributed by atoms with Gasteiger partial charge in [0.15, 0.2) is 0 Å². The van der Waals surface area contributed by atoms with E-state index in [9.17, 15) is 0 Å². The molecule has 27 heavy (non-hydrogen) atoms. The zero-order valence-electron chi connectivity index (χ0n) is 15.7. The highest BCUT2D eigenvalue weighted by atomic mass is 35.5. The van der Waals surface area contributed by atoms with Crippen LogP contribution < -0.4 is 4.74 Å². The van der Waals surface area contributed by atoms with Crippen LogP contribution in [-0.2, 0) is 6.42 Å². The Labute approximate surface area is 166 Å². The molecule has 0 aromatic heterocycles. The molecule has 3 heteroatoms. The Morgan fingerprint density at radius 1 is 1.00 bits per heavy atom. The molecule has 1 heterocycles. The summed E-state index contributed by atoms with van der Waals surface area (Å²) in [6.07, 6.45) is 11.9. The zero-order valence-corrected chi connectivity index (χ0v) is 16.4. The van der Waals surface area contributed by atoms with E-state index in [1.54, 1.807) is 0 Å². The number of hydrogen-bond donors (Lipinski definition) is 0. The molecule has 1 saturated carbocycles. The minimum absolute atomic E-state index is 0.731. The number of nitrogens with zero attached hydrogens (tertiary/aromatic N) is 1. The molecule has 1 fully saturated rings. The maximum absolute atomic E-state index is 6.12. The number of hydrogen-bond acceptors (Lipinski definition) is 2. The number of fused-ring (bicyclic) bond motifs is 1. The van der Waals surface area contributed by atoms with Gasteiger partial charge in [0.2, 0.25) is 0 Å². The molecule has 0 atom stereocenters. The molecule has 0 radical (unpaired) electrons. The predicted octanol–water partition coefficient (Wildman–Crippen LogP) is 6.36. The van der Waals surface area contributed by atoms with Crippen LogP contribution in [0.5, 0.6) is 5.75 Å². The Balaban J connectivity index is 1.44. The van der Waals surface area contributed by atoms with Crippen molar-refractivity contribution >= 4 is 23.4 Å². The summed E-state index contributed by atoms with van der Waals surface area (Å²) in [5.41, 5.74) is 4.73. The van der Waals surface area contributed by atoms with E-state index in [0.717, 1.165) is 47.5 Å². The first kappa shape index (κ1) is 18.3. The Bertz CT molecular complexity index is 832. The van der Waals surface area contributed by atoms with Crippen LogP contribution in [0.1, 0.15) is 48.8 Å². The van der Waals surface area contributed by atoms with E-state index < -0.39 is 0 Å². The van der Waals surface area contributed by atoms with Gasteiger partial charge in [0.25, 0.3) is 0 Å². The van der Waals surface area contributed by atoms with Crippen LogP contribution in [0.4, 0.5) is 0 Å². The summed E-state index contributed by atoms with van der Waals surface area (Å²) >= 11 is 5.96. The second-order valence-corrected chi connectivity index (χ2v) is 7.97. The molecule has 0 unspecified atom stereocenters. The molecule has 0 saturated heterocycles. The lowest BCUT2D eigenvalue weighted by Crippen LogP contribution is -2.16. The average molecular weight is 380 g/mol. The predicted molar refractivity (Wildman–Crippen MR) is 114 cm³/mol. The lowest BCUT2D eigenvalue weighted by molar-refractivity contribution is 0.208. The van der Waals surface area contributed by atoms with Crippen molar-refractivity contribution in [2.24, 2.45) is 10.9 Å². The first-order chi connectivity index (χ1) is 13.3. The van der Waals surface area contributed by atoms with Crippen LogP contribution >= 0.6 is 11.6 Å². The van der Waals surface area contributed by atoms with Gasteiger partial charge >= 0.3 is 0 Å². The third kappa shape index (κ3) is 4.81. The van der Waals surface area contributed by atoms with E-state index in [1.165, 1.54) is 43.2 Å². The van der Waals surface area contributed by atoms with Gasteiger partial charge in [-0.1, -0.05) is 49.1 Å². The van der Waals surface area contributed by atoms with E-state index in [1.807, 2.05) is 24.3 Å². The molecule has 2 aromatic carbocycles. The SMILES string of the molecule is Clc1ccc(/C=C/C2=NCCc3cc(OCC4CCCCC4)ccc32)cc1. The van der Waals surface area contributed by atoms with Gasteiger partial charge in [0.1, 0.15) is 5.75 Å². The van der Waals surface area contributed by atoms with Gasteiger partial charge in [-0.3, -0.25) is 4.99 Å². The van der Waals surface area contributed by atoms with Crippen LogP contribution in [0.15, 0.2) is 53.5 Å². The first-order valence-corrected chi connectivity index (χ1v) is 10.4. The third-order valence-electron chi connectivity index (χ3n) is 5.53. The van der Waals surface area contributed by atoms with Crippen LogP contribution in [0.2, 0.25) is 5.02 Å². The molecule has 0 N–H and O–H groups in total. The van der Waals surface area contributed by atoms with Gasteiger partial charge in [-0.2, -0.15) is 0 Å². The molecule has 1 aliphatic heterocycles. The lowest BCUT2D eigenvalue weighted by Gasteiger charge is -2.22. The molecular weight excluding hydrogens is 354 g/mol. The van der Waals surface area contributed by atoms with Gasteiger partial charge in [-0.15, -0.1) is 0 Å². The Morgan fingerprint density at radius 2 is 1.81 bits per heavy atom. The lowest BCUT2D eigenvalue weighted by atomic mass is 9.90. The van der Waals surface area contributed by atoms with Crippen molar-refractivity contribution in [1.82, 2.24) is 0 Å². The Morgan fingerprint density at radius 3 is 2.63 bits per heavy atom. The topological polar surface area (TPSA) is 21.6 Å². The molecule has 0 bridgehead atoms. The van der Waals surface area contributed by atoms with E-state index >= 15 is 0 Å². The Hall–Kier alpha value is -2.06. The van der Waals surface area contributed by atoms with Gasteiger partial charge in [-0.05, 0) is 72.7 Å². The molecule has 0 amide bonds. The number of ether oxygens (including phenoxy) is 1. The first-order valence-electron chi connectivity index (χ1n) is 10.0. The molecule has 4 rings (SSSR count). The molecule has 140 valence electrons. The number of rotatable bonds is 5. The zero-order chi connectivity index (χ0) is 18.5. The van der Waals surface area contributed by atoms with Crippen molar-refractivity contribution in [2.75, 3.05) is 13.2 Å². The van der Waals surface area contributed by atoms with Crippen LogP contribution in [0.25, 0.3) is 6.08 Å². The highest BCUT2D eigenvalue weighted by Crippen LogP contribution is 2.27. The summed E-state index contributed by atoms with van der Waals surface area (Å²) in [4.78, 5) is 4.72. The molecular formula is C24H26ClNO. The van der Waals surface area contributed by atoms with Gasteiger partial charge in [0.05, 0.1) is 12.3 Å². The molecule has 2 nitrogen and oxygen atoms in total. The highest BCUT2D eigenvalue weighted by Gasteiger charge is 2.16. The monoisotopic (exact) mass is 379 g/mol. The van der Waals surface area contributed by atoms with Crippen LogP contribution in [-0.4, -0.2) is 18.9 Å². The van der Waals surface area contributed by atoms with E-state index in [2.05, 4.69) is 30.4 Å². The van der Waals surface area contributed by atoms with Gasteiger partial charge < -0.3 is 4.74 Å². The summed E-state index contributed by atoms with van der Waals surface area (Å²) in [6.45, 7) is 1.69. The fourth-order valence-electron chi connectivity index (χ4n) is 3.96. The largest absolute Gasteiger partial charge is 0.493 e. The quantitative estimate of drug-likeness (QED) is 0.592. The number of allylic oxidation sites excluding steroid dienone is 1. The van der Waals surface area contributed by atoms with Crippen molar-refractivity contribution < 1.29 is 4.74 Å². The smallest absolute Gasteiger partial charge is 0.119 e. The normalized spacial score (nSPS) is 17.6. The number of aliphatic imine (C=N–C) groups is 1. The van der Waals surface area contributed by atoms with Crippen molar-refractivity contribution in [1.29, 1.82) is 0 Å². The molecule has 2 aromatic rings. The van der Waals surface area contributed by atoms with Crippen LogP contribution in [0, 0.1) is 5.92 Å². The summed E-state index contributed by atoms with van der Waals surface area (Å²) < 4.78 is 6.12. The standard InChI is InChI=1S/C24H26ClNO/c25-21-9-6-18(7-10-21)8-13-24-23-12-11-22(16-20(23)14-15-26-24)27-17-19-4-2-1-3-5-19/h6-13,16,19H,1-5,14-15,17H2/b13-8+.